The second-order valence-corrected chi connectivity index (χ2v) is 10.5. The van der Waals surface area contributed by atoms with Crippen molar-refractivity contribution in [3.63, 3.8) is 0 Å². The molecule has 0 saturated heterocycles. The lowest BCUT2D eigenvalue weighted by Gasteiger charge is -2.15. The molecule has 0 amide bonds. The Labute approximate surface area is 249 Å². The van der Waals surface area contributed by atoms with Crippen molar-refractivity contribution in [2.75, 3.05) is 0 Å². The van der Waals surface area contributed by atoms with E-state index < -0.39 is 0 Å². The molecule has 4 nitrogen and oxygen atoms in total. The predicted molar refractivity (Wildman–Crippen MR) is 176 cm³/mol. The molecule has 0 spiro atoms. The summed E-state index contributed by atoms with van der Waals surface area (Å²) in [5.41, 5.74) is 12.0. The van der Waals surface area contributed by atoms with Crippen molar-refractivity contribution in [2.24, 2.45) is 0 Å². The molecule has 0 aliphatic rings. The number of hydrogen-bond donors (Lipinski definition) is 0. The van der Waals surface area contributed by atoms with Crippen molar-refractivity contribution in [3.05, 3.63) is 158 Å². The Balaban J connectivity index is 1.27. The maximum atomic E-state index is 5.17. The van der Waals surface area contributed by atoms with Crippen LogP contribution in [0, 0.1) is 0 Å². The van der Waals surface area contributed by atoms with E-state index in [4.69, 9.17) is 15.0 Å². The van der Waals surface area contributed by atoms with E-state index in [2.05, 4.69) is 108 Å². The Bertz CT molecular complexity index is 2220. The highest BCUT2D eigenvalue weighted by molar-refractivity contribution is 5.92. The Kier molecular flexibility index (Phi) is 6.08. The molecule has 0 aliphatic heterocycles. The summed E-state index contributed by atoms with van der Waals surface area (Å²) in [4.78, 5) is 15.3. The average molecular weight is 551 g/mol. The van der Waals surface area contributed by atoms with Gasteiger partial charge >= 0.3 is 0 Å². The smallest absolute Gasteiger partial charge is 0.145 e. The van der Waals surface area contributed by atoms with E-state index >= 15 is 0 Å². The van der Waals surface area contributed by atoms with Gasteiger partial charge in [0, 0.05) is 22.4 Å². The van der Waals surface area contributed by atoms with E-state index in [1.165, 1.54) is 0 Å². The first-order chi connectivity index (χ1) is 21.3. The second-order valence-electron chi connectivity index (χ2n) is 10.5. The van der Waals surface area contributed by atoms with Gasteiger partial charge in [0.25, 0.3) is 0 Å². The number of imidazole rings is 1. The Morgan fingerprint density at radius 3 is 1.60 bits per heavy atom. The normalized spacial score (nSPS) is 11.3. The average Bonchev–Trinajstić information content (AvgIpc) is 3.48. The van der Waals surface area contributed by atoms with E-state index in [9.17, 15) is 0 Å². The van der Waals surface area contributed by atoms with E-state index in [0.717, 1.165) is 72.8 Å². The number of nitrogens with zero attached hydrogens (tertiary/aromatic N) is 4. The zero-order valence-electron chi connectivity index (χ0n) is 23.3. The standard InChI is InChI=1S/C39H26N4/c1-3-13-28(14-4-1)37-38(41-34-20-10-9-19-33(34)40-37)32-18-8-7-17-31(32)27-23-25-29(26-24-27)39-42-35-21-11-12-22-36(35)43(39)30-15-5-2-6-16-30/h1-26H. The van der Waals surface area contributed by atoms with Crippen LogP contribution in [0.4, 0.5) is 0 Å². The minimum absolute atomic E-state index is 0.871. The van der Waals surface area contributed by atoms with Crippen molar-refractivity contribution < 1.29 is 0 Å². The monoisotopic (exact) mass is 550 g/mol. The number of hydrogen-bond acceptors (Lipinski definition) is 3. The lowest BCUT2D eigenvalue weighted by molar-refractivity contribution is 1.10. The third kappa shape index (κ3) is 4.46. The molecular formula is C39H26N4. The lowest BCUT2D eigenvalue weighted by atomic mass is 9.94. The summed E-state index contributed by atoms with van der Waals surface area (Å²) in [6.45, 7) is 0. The molecule has 43 heavy (non-hydrogen) atoms. The zero-order chi connectivity index (χ0) is 28.6. The van der Waals surface area contributed by atoms with Crippen LogP contribution in [0.15, 0.2) is 158 Å². The molecule has 2 heterocycles. The maximum absolute atomic E-state index is 5.17. The van der Waals surface area contributed by atoms with Gasteiger partial charge in [-0.25, -0.2) is 15.0 Å². The van der Waals surface area contributed by atoms with Gasteiger partial charge < -0.3 is 0 Å². The van der Waals surface area contributed by atoms with Gasteiger partial charge in [-0.05, 0) is 47.5 Å². The fourth-order valence-electron chi connectivity index (χ4n) is 5.78. The van der Waals surface area contributed by atoms with Crippen LogP contribution in [0.1, 0.15) is 0 Å². The van der Waals surface area contributed by atoms with Crippen LogP contribution in [0.2, 0.25) is 0 Å². The van der Waals surface area contributed by atoms with Crippen molar-refractivity contribution in [2.45, 2.75) is 0 Å². The van der Waals surface area contributed by atoms with Gasteiger partial charge in [0.05, 0.1) is 33.5 Å². The first-order valence-electron chi connectivity index (χ1n) is 14.4. The third-order valence-corrected chi connectivity index (χ3v) is 7.83. The highest BCUT2D eigenvalue weighted by atomic mass is 15.1. The molecule has 4 heteroatoms. The number of rotatable bonds is 5. The maximum Gasteiger partial charge on any atom is 0.145 e. The van der Waals surface area contributed by atoms with Crippen LogP contribution < -0.4 is 0 Å². The van der Waals surface area contributed by atoms with Crippen LogP contribution >= 0.6 is 0 Å². The molecule has 0 aliphatic carbocycles. The lowest BCUT2D eigenvalue weighted by Crippen LogP contribution is -1.98. The Morgan fingerprint density at radius 2 is 0.884 bits per heavy atom. The van der Waals surface area contributed by atoms with Crippen molar-refractivity contribution >= 4 is 22.1 Å². The van der Waals surface area contributed by atoms with Crippen molar-refractivity contribution in [3.8, 4) is 50.7 Å². The minimum Gasteiger partial charge on any atom is -0.292 e. The van der Waals surface area contributed by atoms with Gasteiger partial charge in [-0.2, -0.15) is 0 Å². The van der Waals surface area contributed by atoms with E-state index in [0.29, 0.717) is 0 Å². The number of aromatic nitrogens is 4. The van der Waals surface area contributed by atoms with Gasteiger partial charge in [-0.1, -0.05) is 121 Å². The summed E-state index contributed by atoms with van der Waals surface area (Å²) in [6, 6.07) is 54.2. The minimum atomic E-state index is 0.871. The molecule has 0 saturated carbocycles. The molecule has 0 atom stereocenters. The molecule has 6 aromatic carbocycles. The van der Waals surface area contributed by atoms with Crippen LogP contribution in [0.25, 0.3) is 72.8 Å². The summed E-state index contributed by atoms with van der Waals surface area (Å²) in [5.74, 6) is 0.916. The largest absolute Gasteiger partial charge is 0.292 e. The molecule has 2 aromatic heterocycles. The van der Waals surface area contributed by atoms with Crippen LogP contribution in [-0.4, -0.2) is 19.5 Å². The zero-order valence-corrected chi connectivity index (χ0v) is 23.3. The van der Waals surface area contributed by atoms with Crippen molar-refractivity contribution in [1.82, 2.24) is 19.5 Å². The van der Waals surface area contributed by atoms with E-state index in [1.54, 1.807) is 0 Å². The fraction of sp³-hybridized carbons (Fsp3) is 0. The first kappa shape index (κ1) is 24.9. The summed E-state index contributed by atoms with van der Waals surface area (Å²) >= 11 is 0. The van der Waals surface area contributed by atoms with Crippen LogP contribution in [0.5, 0.6) is 0 Å². The Morgan fingerprint density at radius 1 is 0.349 bits per heavy atom. The first-order valence-corrected chi connectivity index (χ1v) is 14.4. The molecule has 202 valence electrons. The molecule has 8 rings (SSSR count). The van der Waals surface area contributed by atoms with Gasteiger partial charge in [-0.3, -0.25) is 4.57 Å². The third-order valence-electron chi connectivity index (χ3n) is 7.83. The quantitative estimate of drug-likeness (QED) is 0.214. The predicted octanol–water partition coefficient (Wildman–Crippen LogP) is 9.64. The fourth-order valence-corrected chi connectivity index (χ4v) is 5.78. The second kappa shape index (κ2) is 10.5. The van der Waals surface area contributed by atoms with Gasteiger partial charge in [-0.15, -0.1) is 0 Å². The highest BCUT2D eigenvalue weighted by Crippen LogP contribution is 2.38. The van der Waals surface area contributed by atoms with Crippen molar-refractivity contribution in [1.29, 1.82) is 0 Å². The topological polar surface area (TPSA) is 43.6 Å². The molecule has 0 fully saturated rings. The Hall–Kier alpha value is -5.87. The molecule has 0 bridgehead atoms. The molecule has 0 unspecified atom stereocenters. The summed E-state index contributed by atoms with van der Waals surface area (Å²) in [5, 5.41) is 0. The van der Waals surface area contributed by atoms with Gasteiger partial charge in [0.1, 0.15) is 5.82 Å². The number of fused-ring (bicyclic) bond motifs is 2. The van der Waals surface area contributed by atoms with Crippen LogP contribution in [-0.2, 0) is 0 Å². The number of benzene rings is 6. The highest BCUT2D eigenvalue weighted by Gasteiger charge is 2.18. The molecule has 8 aromatic rings. The van der Waals surface area contributed by atoms with Gasteiger partial charge in [0.2, 0.25) is 0 Å². The molecular weight excluding hydrogens is 524 g/mol. The van der Waals surface area contributed by atoms with Gasteiger partial charge in [0.15, 0.2) is 0 Å². The van der Waals surface area contributed by atoms with E-state index in [1.807, 2.05) is 54.6 Å². The summed E-state index contributed by atoms with van der Waals surface area (Å²) < 4.78 is 2.23. The molecule has 0 N–H and O–H groups in total. The summed E-state index contributed by atoms with van der Waals surface area (Å²) in [7, 11) is 0. The number of para-hydroxylation sites is 5. The van der Waals surface area contributed by atoms with Crippen LogP contribution in [0.3, 0.4) is 0 Å². The summed E-state index contributed by atoms with van der Waals surface area (Å²) in [6.07, 6.45) is 0. The SMILES string of the molecule is c1ccc(-c2nc3ccccc3nc2-c2ccccc2-c2ccc(-c3nc4ccccc4n3-c3ccccc3)cc2)cc1. The molecule has 0 radical (unpaired) electrons. The van der Waals surface area contributed by atoms with E-state index in [-0.39, 0.29) is 0 Å².